The van der Waals surface area contributed by atoms with Gasteiger partial charge in [0.15, 0.2) is 17.6 Å². The molecule has 0 saturated heterocycles. The monoisotopic (exact) mass is 257 g/mol. The predicted molar refractivity (Wildman–Crippen MR) is 58.9 cm³/mol. The average molecular weight is 257 g/mol. The number of benzene rings is 1. The van der Waals surface area contributed by atoms with Crippen LogP contribution in [0.15, 0.2) is 18.2 Å². The van der Waals surface area contributed by atoms with Gasteiger partial charge in [-0.2, -0.15) is 0 Å². The second kappa shape index (κ2) is 5.97. The lowest BCUT2D eigenvalue weighted by Crippen LogP contribution is -2.43. The van der Waals surface area contributed by atoms with Crippen LogP contribution in [0.2, 0.25) is 0 Å². The highest BCUT2D eigenvalue weighted by molar-refractivity contribution is 5.96. The fraction of sp³-hybridized carbons (Fsp3) is 0.273. The molecule has 0 fully saturated rings. The zero-order valence-electron chi connectivity index (χ0n) is 9.51. The molecule has 7 heteroatoms. The van der Waals surface area contributed by atoms with Gasteiger partial charge in [0.1, 0.15) is 0 Å². The fourth-order valence-corrected chi connectivity index (χ4v) is 1.23. The number of aliphatic carboxylic acids is 1. The van der Waals surface area contributed by atoms with Gasteiger partial charge in [0, 0.05) is 5.56 Å². The van der Waals surface area contributed by atoms with E-state index in [-0.39, 0.29) is 11.3 Å². The van der Waals surface area contributed by atoms with E-state index in [1.54, 1.807) is 0 Å². The second-order valence-corrected chi connectivity index (χ2v) is 3.40. The zero-order chi connectivity index (χ0) is 13.7. The minimum Gasteiger partial charge on any atom is -0.494 e. The van der Waals surface area contributed by atoms with Gasteiger partial charge in [0.2, 0.25) is 0 Å². The maximum Gasteiger partial charge on any atom is 0.328 e. The van der Waals surface area contributed by atoms with Gasteiger partial charge in [-0.25, -0.2) is 9.18 Å². The number of amides is 1. The molecule has 0 radical (unpaired) electrons. The third-order valence-electron chi connectivity index (χ3n) is 2.20. The van der Waals surface area contributed by atoms with Gasteiger partial charge in [-0.05, 0) is 18.2 Å². The van der Waals surface area contributed by atoms with Crippen LogP contribution in [0.5, 0.6) is 5.75 Å². The zero-order valence-corrected chi connectivity index (χ0v) is 9.51. The molecule has 1 aromatic rings. The molecule has 6 nitrogen and oxygen atoms in total. The van der Waals surface area contributed by atoms with Crippen molar-refractivity contribution in [2.75, 3.05) is 13.7 Å². The fourth-order valence-electron chi connectivity index (χ4n) is 1.23. The van der Waals surface area contributed by atoms with Crippen molar-refractivity contribution in [3.05, 3.63) is 29.6 Å². The lowest BCUT2D eigenvalue weighted by atomic mass is 10.2. The summed E-state index contributed by atoms with van der Waals surface area (Å²) in [5, 5.41) is 19.4. The molecule has 1 rings (SSSR count). The Kier molecular flexibility index (Phi) is 4.61. The van der Waals surface area contributed by atoms with Crippen molar-refractivity contribution in [1.82, 2.24) is 5.32 Å². The maximum atomic E-state index is 13.3. The predicted octanol–water partition coefficient (Wildman–Crippen LogP) is 0.00960. The number of carboxylic acid groups (broad SMARTS) is 1. The number of aliphatic hydroxyl groups excluding tert-OH is 1. The second-order valence-electron chi connectivity index (χ2n) is 3.40. The summed E-state index contributed by atoms with van der Waals surface area (Å²) in [5.41, 5.74) is -0.0620. The number of halogens is 1. The number of hydrogen-bond donors (Lipinski definition) is 3. The molecule has 98 valence electrons. The minimum atomic E-state index is -1.43. The Morgan fingerprint density at radius 1 is 1.50 bits per heavy atom. The van der Waals surface area contributed by atoms with Gasteiger partial charge < -0.3 is 20.3 Å². The standard InChI is InChI=1S/C11H12FNO5/c1-18-9-3-2-6(4-7(9)12)10(15)13-8(5-14)11(16)17/h2-4,8,14H,5H2,1H3,(H,13,15)(H,16,17). The molecule has 1 amide bonds. The molecule has 1 aromatic carbocycles. The number of ether oxygens (including phenoxy) is 1. The first-order chi connectivity index (χ1) is 8.49. The van der Waals surface area contributed by atoms with E-state index >= 15 is 0 Å². The maximum absolute atomic E-state index is 13.3. The highest BCUT2D eigenvalue weighted by atomic mass is 19.1. The molecule has 0 aliphatic heterocycles. The molecule has 0 aliphatic rings. The molecule has 3 N–H and O–H groups in total. The lowest BCUT2D eigenvalue weighted by Gasteiger charge is -2.12. The number of carbonyl (C=O) groups excluding carboxylic acids is 1. The SMILES string of the molecule is COc1ccc(C(=O)NC(CO)C(=O)O)cc1F. The summed E-state index contributed by atoms with van der Waals surface area (Å²) in [7, 11) is 1.28. The van der Waals surface area contributed by atoms with Crippen molar-refractivity contribution in [1.29, 1.82) is 0 Å². The molecule has 1 atom stereocenters. The Bertz CT molecular complexity index is 463. The summed E-state index contributed by atoms with van der Waals surface area (Å²) < 4.78 is 18.0. The first-order valence-electron chi connectivity index (χ1n) is 4.97. The Morgan fingerprint density at radius 3 is 2.61 bits per heavy atom. The van der Waals surface area contributed by atoms with Crippen LogP contribution in [0.4, 0.5) is 4.39 Å². The Hall–Kier alpha value is -2.15. The number of aliphatic hydroxyl groups is 1. The highest BCUT2D eigenvalue weighted by Gasteiger charge is 2.20. The van der Waals surface area contributed by atoms with Gasteiger partial charge in [-0.15, -0.1) is 0 Å². The number of nitrogens with one attached hydrogen (secondary N) is 1. The van der Waals surface area contributed by atoms with Crippen molar-refractivity contribution >= 4 is 11.9 Å². The number of hydrogen-bond acceptors (Lipinski definition) is 4. The number of carboxylic acids is 1. The van der Waals surface area contributed by atoms with Gasteiger partial charge >= 0.3 is 5.97 Å². The van der Waals surface area contributed by atoms with Gasteiger partial charge in [-0.1, -0.05) is 0 Å². The smallest absolute Gasteiger partial charge is 0.328 e. The topological polar surface area (TPSA) is 95.9 Å². The van der Waals surface area contributed by atoms with E-state index in [0.717, 1.165) is 6.07 Å². The van der Waals surface area contributed by atoms with Crippen LogP contribution in [0.1, 0.15) is 10.4 Å². The van der Waals surface area contributed by atoms with Crippen molar-refractivity contribution in [2.45, 2.75) is 6.04 Å². The summed E-state index contributed by atoms with van der Waals surface area (Å²) in [4.78, 5) is 22.2. The number of rotatable bonds is 5. The van der Waals surface area contributed by atoms with Crippen LogP contribution in [0.3, 0.4) is 0 Å². The summed E-state index contributed by atoms with van der Waals surface area (Å²) in [6.45, 7) is -0.750. The van der Waals surface area contributed by atoms with E-state index in [2.05, 4.69) is 10.1 Å². The summed E-state index contributed by atoms with van der Waals surface area (Å²) >= 11 is 0. The molecule has 0 aliphatic carbocycles. The van der Waals surface area contributed by atoms with E-state index in [1.807, 2.05) is 0 Å². The van der Waals surface area contributed by atoms with Crippen molar-refractivity contribution < 1.29 is 28.9 Å². The molecular formula is C11H12FNO5. The summed E-state index contributed by atoms with van der Waals surface area (Å²) in [5.74, 6) is -2.93. The average Bonchev–Trinajstić information content (AvgIpc) is 2.35. The Labute approximate surface area is 102 Å². The molecule has 0 bridgehead atoms. The molecule has 0 aromatic heterocycles. The largest absolute Gasteiger partial charge is 0.494 e. The first kappa shape index (κ1) is 13.9. The first-order valence-corrected chi connectivity index (χ1v) is 4.97. The van der Waals surface area contributed by atoms with E-state index in [0.29, 0.717) is 0 Å². The molecule has 0 saturated carbocycles. The van der Waals surface area contributed by atoms with Crippen LogP contribution in [-0.2, 0) is 4.79 Å². The van der Waals surface area contributed by atoms with Gasteiger partial charge in [0.25, 0.3) is 5.91 Å². The van der Waals surface area contributed by atoms with Crippen molar-refractivity contribution in [2.24, 2.45) is 0 Å². The van der Waals surface area contributed by atoms with E-state index in [1.165, 1.54) is 19.2 Å². The van der Waals surface area contributed by atoms with E-state index in [4.69, 9.17) is 10.2 Å². The third-order valence-corrected chi connectivity index (χ3v) is 2.20. The number of methoxy groups -OCH3 is 1. The quantitative estimate of drug-likeness (QED) is 0.690. The van der Waals surface area contributed by atoms with Crippen LogP contribution in [-0.4, -0.2) is 41.8 Å². The molecule has 0 heterocycles. The third kappa shape index (κ3) is 3.17. The normalized spacial score (nSPS) is 11.7. The van der Waals surface area contributed by atoms with Crippen LogP contribution >= 0.6 is 0 Å². The van der Waals surface area contributed by atoms with Gasteiger partial charge in [0.05, 0.1) is 13.7 Å². The highest BCUT2D eigenvalue weighted by Crippen LogP contribution is 2.17. The van der Waals surface area contributed by atoms with Crippen molar-refractivity contribution in [3.8, 4) is 5.75 Å². The minimum absolute atomic E-state index is 0.0245. The van der Waals surface area contributed by atoms with E-state index in [9.17, 15) is 14.0 Å². The molecule has 18 heavy (non-hydrogen) atoms. The number of carbonyl (C=O) groups is 2. The van der Waals surface area contributed by atoms with Crippen LogP contribution in [0, 0.1) is 5.82 Å². The van der Waals surface area contributed by atoms with Crippen LogP contribution < -0.4 is 10.1 Å². The molecule has 1 unspecified atom stereocenters. The van der Waals surface area contributed by atoms with Crippen molar-refractivity contribution in [3.63, 3.8) is 0 Å². The summed E-state index contributed by atoms with van der Waals surface area (Å²) in [6, 6.07) is 2.03. The van der Waals surface area contributed by atoms with E-state index < -0.39 is 30.3 Å². The summed E-state index contributed by atoms with van der Waals surface area (Å²) in [6.07, 6.45) is 0. The molecular weight excluding hydrogens is 245 g/mol. The molecule has 0 spiro atoms. The Balaban J connectivity index is 2.84. The van der Waals surface area contributed by atoms with Gasteiger partial charge in [-0.3, -0.25) is 4.79 Å². The van der Waals surface area contributed by atoms with Crippen LogP contribution in [0.25, 0.3) is 0 Å². The lowest BCUT2D eigenvalue weighted by molar-refractivity contribution is -0.140. The Morgan fingerprint density at radius 2 is 2.17 bits per heavy atom.